The topological polar surface area (TPSA) is 23.6 Å². The fraction of sp³-hybridized carbons (Fsp3) is 0.889. The SMILES string of the molecule is CCN1CCN(C2CC2)C(=O)C1. The Bertz CT molecular complexity index is 189. The maximum Gasteiger partial charge on any atom is 0.237 e. The first kappa shape index (κ1) is 8.05. The molecule has 0 spiro atoms. The van der Waals surface area contributed by atoms with Gasteiger partial charge in [-0.15, -0.1) is 0 Å². The third kappa shape index (κ3) is 1.46. The Hall–Kier alpha value is -0.570. The molecule has 0 N–H and O–H groups in total. The molecule has 1 saturated carbocycles. The lowest BCUT2D eigenvalue weighted by Gasteiger charge is -2.33. The summed E-state index contributed by atoms with van der Waals surface area (Å²) in [5.41, 5.74) is 0. The first-order valence-electron chi connectivity index (χ1n) is 4.83. The van der Waals surface area contributed by atoms with E-state index in [9.17, 15) is 4.79 Å². The second kappa shape index (κ2) is 3.05. The van der Waals surface area contributed by atoms with Crippen LogP contribution in [0.1, 0.15) is 19.8 Å². The molecule has 2 fully saturated rings. The van der Waals surface area contributed by atoms with E-state index in [-0.39, 0.29) is 0 Å². The summed E-state index contributed by atoms with van der Waals surface area (Å²) in [7, 11) is 0. The monoisotopic (exact) mass is 168 g/mol. The van der Waals surface area contributed by atoms with Crippen LogP contribution in [-0.4, -0.2) is 47.9 Å². The predicted molar refractivity (Wildman–Crippen MR) is 46.8 cm³/mol. The number of piperazine rings is 1. The van der Waals surface area contributed by atoms with E-state index in [1.807, 2.05) is 0 Å². The zero-order valence-corrected chi connectivity index (χ0v) is 7.62. The smallest absolute Gasteiger partial charge is 0.237 e. The molecule has 3 nitrogen and oxygen atoms in total. The van der Waals surface area contributed by atoms with E-state index in [1.54, 1.807) is 0 Å². The summed E-state index contributed by atoms with van der Waals surface area (Å²) in [6, 6.07) is 0.608. The summed E-state index contributed by atoms with van der Waals surface area (Å²) in [6.07, 6.45) is 2.47. The van der Waals surface area contributed by atoms with E-state index < -0.39 is 0 Å². The van der Waals surface area contributed by atoms with Crippen LogP contribution in [0.5, 0.6) is 0 Å². The van der Waals surface area contributed by atoms with Gasteiger partial charge in [0.2, 0.25) is 5.91 Å². The summed E-state index contributed by atoms with van der Waals surface area (Å²) in [5, 5.41) is 0. The van der Waals surface area contributed by atoms with Crippen LogP contribution in [0.25, 0.3) is 0 Å². The number of hydrogen-bond acceptors (Lipinski definition) is 2. The Kier molecular flexibility index (Phi) is 2.05. The van der Waals surface area contributed by atoms with Gasteiger partial charge in [0.05, 0.1) is 6.54 Å². The molecule has 0 aromatic carbocycles. The number of carbonyl (C=O) groups is 1. The molecule has 2 rings (SSSR count). The highest BCUT2D eigenvalue weighted by molar-refractivity contribution is 5.79. The number of rotatable bonds is 2. The highest BCUT2D eigenvalue weighted by atomic mass is 16.2. The van der Waals surface area contributed by atoms with E-state index >= 15 is 0 Å². The average Bonchev–Trinajstić information content (AvgIpc) is 2.87. The maximum atomic E-state index is 11.5. The van der Waals surface area contributed by atoms with Gasteiger partial charge in [-0.3, -0.25) is 9.69 Å². The zero-order valence-electron chi connectivity index (χ0n) is 7.62. The third-order valence-corrected chi connectivity index (χ3v) is 2.77. The molecular formula is C9H16N2O. The van der Waals surface area contributed by atoms with Crippen molar-refractivity contribution < 1.29 is 4.79 Å². The largest absolute Gasteiger partial charge is 0.337 e. The Morgan fingerprint density at radius 3 is 2.67 bits per heavy atom. The van der Waals surface area contributed by atoms with E-state index in [1.165, 1.54) is 12.8 Å². The molecule has 12 heavy (non-hydrogen) atoms. The lowest BCUT2D eigenvalue weighted by atomic mass is 10.3. The molecule has 1 heterocycles. The second-order valence-electron chi connectivity index (χ2n) is 3.69. The van der Waals surface area contributed by atoms with Crippen molar-refractivity contribution in [3.05, 3.63) is 0 Å². The molecular weight excluding hydrogens is 152 g/mol. The van der Waals surface area contributed by atoms with Gasteiger partial charge >= 0.3 is 0 Å². The fourth-order valence-electron chi connectivity index (χ4n) is 1.78. The van der Waals surface area contributed by atoms with Crippen molar-refractivity contribution in [3.63, 3.8) is 0 Å². The summed E-state index contributed by atoms with van der Waals surface area (Å²) >= 11 is 0. The number of amides is 1. The van der Waals surface area contributed by atoms with E-state index in [0.29, 0.717) is 18.5 Å². The fourth-order valence-corrected chi connectivity index (χ4v) is 1.78. The summed E-state index contributed by atoms with van der Waals surface area (Å²) in [5.74, 6) is 0.339. The molecule has 1 aliphatic heterocycles. The van der Waals surface area contributed by atoms with Gasteiger partial charge in [0.15, 0.2) is 0 Å². The van der Waals surface area contributed by atoms with Crippen molar-refractivity contribution in [2.24, 2.45) is 0 Å². The molecule has 0 bridgehead atoms. The van der Waals surface area contributed by atoms with Crippen LogP contribution in [0.15, 0.2) is 0 Å². The molecule has 1 saturated heterocycles. The van der Waals surface area contributed by atoms with Crippen molar-refractivity contribution in [1.29, 1.82) is 0 Å². The lowest BCUT2D eigenvalue weighted by molar-refractivity contribution is -0.136. The minimum absolute atomic E-state index is 0.339. The Labute approximate surface area is 73.3 Å². The van der Waals surface area contributed by atoms with Crippen LogP contribution in [0.2, 0.25) is 0 Å². The van der Waals surface area contributed by atoms with E-state index in [0.717, 1.165) is 19.6 Å². The molecule has 68 valence electrons. The minimum Gasteiger partial charge on any atom is -0.337 e. The summed E-state index contributed by atoms with van der Waals surface area (Å²) in [6.45, 7) is 5.79. The van der Waals surface area contributed by atoms with E-state index in [4.69, 9.17) is 0 Å². The van der Waals surface area contributed by atoms with Gasteiger partial charge in [-0.05, 0) is 19.4 Å². The zero-order chi connectivity index (χ0) is 8.55. The van der Waals surface area contributed by atoms with Crippen molar-refractivity contribution in [3.8, 4) is 0 Å². The van der Waals surface area contributed by atoms with Crippen molar-refractivity contribution >= 4 is 5.91 Å². The summed E-state index contributed by atoms with van der Waals surface area (Å²) in [4.78, 5) is 15.8. The van der Waals surface area contributed by atoms with Gasteiger partial charge in [0.1, 0.15) is 0 Å². The molecule has 0 aromatic rings. The molecule has 0 unspecified atom stereocenters. The van der Waals surface area contributed by atoms with Crippen LogP contribution in [0.4, 0.5) is 0 Å². The normalized spacial score (nSPS) is 26.4. The van der Waals surface area contributed by atoms with Gasteiger partial charge in [0.25, 0.3) is 0 Å². The Morgan fingerprint density at radius 1 is 1.42 bits per heavy atom. The Morgan fingerprint density at radius 2 is 2.17 bits per heavy atom. The minimum atomic E-state index is 0.339. The van der Waals surface area contributed by atoms with Crippen LogP contribution < -0.4 is 0 Å². The van der Waals surface area contributed by atoms with Gasteiger partial charge in [-0.1, -0.05) is 6.92 Å². The first-order chi connectivity index (χ1) is 5.81. The molecule has 1 aliphatic carbocycles. The predicted octanol–water partition coefficient (Wildman–Crippen LogP) is 0.313. The van der Waals surface area contributed by atoms with Crippen molar-refractivity contribution in [2.45, 2.75) is 25.8 Å². The standard InChI is InChI=1S/C9H16N2O/c1-2-10-5-6-11(8-3-4-8)9(12)7-10/h8H,2-7H2,1H3. The van der Waals surface area contributed by atoms with Gasteiger partial charge in [-0.25, -0.2) is 0 Å². The third-order valence-electron chi connectivity index (χ3n) is 2.77. The van der Waals surface area contributed by atoms with Crippen LogP contribution in [0.3, 0.4) is 0 Å². The lowest BCUT2D eigenvalue weighted by Crippen LogP contribution is -2.50. The molecule has 0 aromatic heterocycles. The summed E-state index contributed by atoms with van der Waals surface area (Å²) < 4.78 is 0. The van der Waals surface area contributed by atoms with E-state index in [2.05, 4.69) is 16.7 Å². The highest BCUT2D eigenvalue weighted by Crippen LogP contribution is 2.27. The number of likely N-dealkylation sites (N-methyl/N-ethyl adjacent to an activating group) is 1. The Balaban J connectivity index is 1.90. The molecule has 2 aliphatic rings. The van der Waals surface area contributed by atoms with Gasteiger partial charge in [-0.2, -0.15) is 0 Å². The van der Waals surface area contributed by atoms with Crippen LogP contribution >= 0.6 is 0 Å². The second-order valence-corrected chi connectivity index (χ2v) is 3.69. The first-order valence-corrected chi connectivity index (χ1v) is 4.83. The van der Waals surface area contributed by atoms with Crippen LogP contribution in [0, 0.1) is 0 Å². The number of carbonyl (C=O) groups excluding carboxylic acids is 1. The number of nitrogens with zero attached hydrogens (tertiary/aromatic N) is 2. The average molecular weight is 168 g/mol. The van der Waals surface area contributed by atoms with Crippen molar-refractivity contribution in [2.75, 3.05) is 26.2 Å². The van der Waals surface area contributed by atoms with Gasteiger partial charge < -0.3 is 4.90 Å². The quantitative estimate of drug-likeness (QED) is 0.592. The molecule has 1 amide bonds. The number of hydrogen-bond donors (Lipinski definition) is 0. The molecule has 0 atom stereocenters. The molecule has 0 radical (unpaired) electrons. The van der Waals surface area contributed by atoms with Gasteiger partial charge in [0, 0.05) is 19.1 Å². The van der Waals surface area contributed by atoms with Crippen LogP contribution in [-0.2, 0) is 4.79 Å². The van der Waals surface area contributed by atoms with Crippen molar-refractivity contribution in [1.82, 2.24) is 9.80 Å². The highest BCUT2D eigenvalue weighted by Gasteiger charge is 2.35. The molecule has 3 heteroatoms. The maximum absolute atomic E-state index is 11.5.